The number of aromatic nitrogens is 1. The van der Waals surface area contributed by atoms with Crippen LogP contribution in [0.25, 0.3) is 0 Å². The number of nitrogens with one attached hydrogen (secondary N) is 1. The molecule has 1 aromatic heterocycles. The number of rotatable bonds is 3. The van der Waals surface area contributed by atoms with Gasteiger partial charge in [0.05, 0.1) is 0 Å². The van der Waals surface area contributed by atoms with Crippen LogP contribution in [0.2, 0.25) is 0 Å². The summed E-state index contributed by atoms with van der Waals surface area (Å²) in [6.45, 7) is 4.60. The Morgan fingerprint density at radius 1 is 1.50 bits per heavy atom. The second-order valence-electron chi connectivity index (χ2n) is 4.00. The molecule has 1 saturated carbocycles. The van der Waals surface area contributed by atoms with Gasteiger partial charge in [0.15, 0.2) is 0 Å². The van der Waals surface area contributed by atoms with Crippen LogP contribution < -0.4 is 11.1 Å². The van der Waals surface area contributed by atoms with E-state index in [1.54, 1.807) is 0 Å². The van der Waals surface area contributed by atoms with E-state index in [1.165, 1.54) is 18.5 Å². The van der Waals surface area contributed by atoms with Gasteiger partial charge >= 0.3 is 0 Å². The molecule has 14 heavy (non-hydrogen) atoms. The largest absolute Gasteiger partial charge is 0.382 e. The number of pyridine rings is 1. The predicted molar refractivity (Wildman–Crippen MR) is 58.2 cm³/mol. The highest BCUT2D eigenvalue weighted by Crippen LogP contribution is 2.27. The smallest absolute Gasteiger partial charge is 0.0441 e. The number of nitrogens with two attached hydrogens (primary N) is 1. The minimum absolute atomic E-state index is 0.564. The maximum absolute atomic E-state index is 5.72. The lowest BCUT2D eigenvalue weighted by Gasteiger charge is -2.13. The highest BCUT2D eigenvalue weighted by Gasteiger charge is 2.22. The third-order valence-corrected chi connectivity index (χ3v) is 2.60. The van der Waals surface area contributed by atoms with Crippen molar-refractivity contribution in [3.05, 3.63) is 23.0 Å². The highest BCUT2D eigenvalue weighted by atomic mass is 15.0. The van der Waals surface area contributed by atoms with Crippen molar-refractivity contribution in [2.24, 2.45) is 5.73 Å². The second kappa shape index (κ2) is 3.58. The van der Waals surface area contributed by atoms with E-state index in [-0.39, 0.29) is 0 Å². The van der Waals surface area contributed by atoms with Crippen molar-refractivity contribution in [1.29, 1.82) is 0 Å². The summed E-state index contributed by atoms with van der Waals surface area (Å²) in [6, 6.07) is 2.76. The lowest BCUT2D eigenvalue weighted by Crippen LogP contribution is -2.10. The van der Waals surface area contributed by atoms with Crippen molar-refractivity contribution in [2.75, 3.05) is 5.32 Å². The van der Waals surface area contributed by atoms with Gasteiger partial charge in [0, 0.05) is 35.2 Å². The first-order chi connectivity index (χ1) is 6.70. The van der Waals surface area contributed by atoms with Gasteiger partial charge in [-0.15, -0.1) is 0 Å². The molecule has 0 aromatic carbocycles. The molecule has 0 saturated heterocycles. The van der Waals surface area contributed by atoms with E-state index < -0.39 is 0 Å². The van der Waals surface area contributed by atoms with Gasteiger partial charge in [0.2, 0.25) is 0 Å². The quantitative estimate of drug-likeness (QED) is 0.765. The maximum Gasteiger partial charge on any atom is 0.0441 e. The third kappa shape index (κ3) is 1.87. The van der Waals surface area contributed by atoms with Gasteiger partial charge < -0.3 is 11.1 Å². The van der Waals surface area contributed by atoms with E-state index in [1.807, 2.05) is 13.8 Å². The summed E-state index contributed by atoms with van der Waals surface area (Å²) in [5.41, 5.74) is 10.2. The molecular formula is C11H17N3. The summed E-state index contributed by atoms with van der Waals surface area (Å²) in [7, 11) is 0. The fourth-order valence-corrected chi connectivity index (χ4v) is 1.69. The van der Waals surface area contributed by atoms with Crippen molar-refractivity contribution in [1.82, 2.24) is 4.98 Å². The standard InChI is InChI=1S/C11H17N3/c1-7-5-11(14-9-3-4-9)10(6-12)8(2)13-7/h5,9H,3-4,6,12H2,1-2H3,(H,13,14). The van der Waals surface area contributed by atoms with Crippen LogP contribution in [0.1, 0.15) is 29.8 Å². The predicted octanol–water partition coefficient (Wildman–Crippen LogP) is 1.73. The van der Waals surface area contributed by atoms with Gasteiger partial charge in [-0.05, 0) is 32.8 Å². The van der Waals surface area contributed by atoms with Crippen LogP contribution in [-0.4, -0.2) is 11.0 Å². The first kappa shape index (κ1) is 9.46. The van der Waals surface area contributed by atoms with Gasteiger partial charge in [-0.1, -0.05) is 0 Å². The van der Waals surface area contributed by atoms with Crippen LogP contribution >= 0.6 is 0 Å². The minimum atomic E-state index is 0.564. The molecule has 0 unspecified atom stereocenters. The van der Waals surface area contributed by atoms with Crippen LogP contribution in [0.3, 0.4) is 0 Å². The van der Waals surface area contributed by atoms with Crippen LogP contribution in [0.15, 0.2) is 6.07 Å². The van der Waals surface area contributed by atoms with Gasteiger partial charge in [-0.25, -0.2) is 0 Å². The molecule has 0 radical (unpaired) electrons. The Labute approximate surface area is 84.7 Å². The first-order valence-electron chi connectivity index (χ1n) is 5.14. The fourth-order valence-electron chi connectivity index (χ4n) is 1.69. The molecule has 1 aromatic rings. The summed E-state index contributed by atoms with van der Waals surface area (Å²) < 4.78 is 0. The zero-order valence-electron chi connectivity index (χ0n) is 8.80. The van der Waals surface area contributed by atoms with E-state index in [4.69, 9.17) is 5.73 Å². The Kier molecular flexibility index (Phi) is 2.42. The number of anilines is 1. The second-order valence-corrected chi connectivity index (χ2v) is 4.00. The Balaban J connectivity index is 2.33. The molecule has 1 aliphatic rings. The Morgan fingerprint density at radius 2 is 2.21 bits per heavy atom. The third-order valence-electron chi connectivity index (χ3n) is 2.60. The fraction of sp³-hybridized carbons (Fsp3) is 0.545. The molecule has 0 aliphatic heterocycles. The summed E-state index contributed by atoms with van der Waals surface area (Å²) in [6.07, 6.45) is 2.56. The van der Waals surface area contributed by atoms with Crippen molar-refractivity contribution in [3.63, 3.8) is 0 Å². The summed E-state index contributed by atoms with van der Waals surface area (Å²) >= 11 is 0. The van der Waals surface area contributed by atoms with Crippen LogP contribution in [0, 0.1) is 13.8 Å². The molecule has 1 fully saturated rings. The number of nitrogens with zero attached hydrogens (tertiary/aromatic N) is 1. The number of hydrogen-bond acceptors (Lipinski definition) is 3. The van der Waals surface area contributed by atoms with Gasteiger partial charge in [-0.2, -0.15) is 0 Å². The molecule has 1 heterocycles. The van der Waals surface area contributed by atoms with Crippen molar-refractivity contribution in [3.8, 4) is 0 Å². The molecule has 1 aliphatic carbocycles. The SMILES string of the molecule is Cc1cc(NC2CC2)c(CN)c(C)n1. The lowest BCUT2D eigenvalue weighted by molar-refractivity contribution is 0.979. The lowest BCUT2D eigenvalue weighted by atomic mass is 10.1. The normalized spacial score (nSPS) is 15.6. The average molecular weight is 191 g/mol. The van der Waals surface area contributed by atoms with Gasteiger partial charge in [-0.3, -0.25) is 4.98 Å². The van der Waals surface area contributed by atoms with E-state index in [0.717, 1.165) is 17.0 Å². The van der Waals surface area contributed by atoms with Crippen LogP contribution in [-0.2, 0) is 6.54 Å². The average Bonchev–Trinajstić information content (AvgIpc) is 2.87. The number of aryl methyl sites for hydroxylation is 2. The topological polar surface area (TPSA) is 50.9 Å². The molecule has 3 N–H and O–H groups in total. The van der Waals surface area contributed by atoms with Crippen LogP contribution in [0.4, 0.5) is 5.69 Å². The van der Waals surface area contributed by atoms with Crippen molar-refractivity contribution >= 4 is 5.69 Å². The summed E-state index contributed by atoms with van der Waals surface area (Å²) in [4.78, 5) is 4.41. The van der Waals surface area contributed by atoms with Gasteiger partial charge in [0.1, 0.15) is 0 Å². The molecular weight excluding hydrogens is 174 g/mol. The molecule has 0 atom stereocenters. The maximum atomic E-state index is 5.72. The van der Waals surface area contributed by atoms with E-state index >= 15 is 0 Å². The van der Waals surface area contributed by atoms with Crippen molar-refractivity contribution in [2.45, 2.75) is 39.3 Å². The molecule has 3 heteroatoms. The minimum Gasteiger partial charge on any atom is -0.382 e. The van der Waals surface area contributed by atoms with E-state index in [9.17, 15) is 0 Å². The molecule has 0 amide bonds. The monoisotopic (exact) mass is 191 g/mol. The van der Waals surface area contributed by atoms with Crippen molar-refractivity contribution < 1.29 is 0 Å². The number of hydrogen-bond donors (Lipinski definition) is 2. The molecule has 0 spiro atoms. The zero-order valence-corrected chi connectivity index (χ0v) is 8.80. The highest BCUT2D eigenvalue weighted by molar-refractivity contribution is 5.55. The van der Waals surface area contributed by atoms with E-state index in [2.05, 4.69) is 16.4 Å². The Hall–Kier alpha value is -1.09. The summed E-state index contributed by atoms with van der Waals surface area (Å²) in [5, 5.41) is 3.50. The Bertz CT molecular complexity index is 343. The molecule has 2 rings (SSSR count). The first-order valence-corrected chi connectivity index (χ1v) is 5.14. The zero-order chi connectivity index (χ0) is 10.1. The molecule has 3 nitrogen and oxygen atoms in total. The summed E-state index contributed by atoms with van der Waals surface area (Å²) in [5.74, 6) is 0. The van der Waals surface area contributed by atoms with Crippen LogP contribution in [0.5, 0.6) is 0 Å². The van der Waals surface area contributed by atoms with E-state index in [0.29, 0.717) is 12.6 Å². The molecule has 76 valence electrons. The Morgan fingerprint density at radius 3 is 2.79 bits per heavy atom. The van der Waals surface area contributed by atoms with Gasteiger partial charge in [0.25, 0.3) is 0 Å². The molecule has 0 bridgehead atoms.